The second-order valence-electron chi connectivity index (χ2n) is 4.53. The van der Waals surface area contributed by atoms with Crippen LogP contribution in [0.3, 0.4) is 0 Å². The molecular weight excluding hydrogens is 218 g/mol. The number of amides is 1. The Balaban J connectivity index is 2.52. The molecule has 0 saturated heterocycles. The van der Waals surface area contributed by atoms with Crippen molar-refractivity contribution in [3.63, 3.8) is 0 Å². The molecule has 0 bridgehead atoms. The second-order valence-corrected chi connectivity index (χ2v) is 4.53. The van der Waals surface area contributed by atoms with Crippen molar-refractivity contribution in [3.8, 4) is 12.3 Å². The van der Waals surface area contributed by atoms with Crippen LogP contribution in [0.4, 0.5) is 0 Å². The Hall–Kier alpha value is -1.50. The summed E-state index contributed by atoms with van der Waals surface area (Å²) >= 11 is 0. The molecule has 0 spiro atoms. The molecule has 0 radical (unpaired) electrons. The summed E-state index contributed by atoms with van der Waals surface area (Å²) in [5.74, 6) is 1.03. The first-order valence-corrected chi connectivity index (χ1v) is 6.07. The van der Waals surface area contributed by atoms with Crippen molar-refractivity contribution in [3.05, 3.63) is 0 Å². The lowest BCUT2D eigenvalue weighted by atomic mass is 9.81. The molecule has 0 aromatic rings. The summed E-state index contributed by atoms with van der Waals surface area (Å²) in [4.78, 5) is 22.8. The smallest absolute Gasteiger partial charge is 0.306 e. The minimum absolute atomic E-state index is 0.0965. The maximum atomic E-state index is 11.9. The van der Waals surface area contributed by atoms with E-state index in [9.17, 15) is 9.59 Å². The van der Waals surface area contributed by atoms with E-state index in [4.69, 9.17) is 11.5 Å². The maximum absolute atomic E-state index is 11.9. The molecule has 3 unspecified atom stereocenters. The van der Waals surface area contributed by atoms with Gasteiger partial charge in [0.15, 0.2) is 0 Å². The van der Waals surface area contributed by atoms with E-state index in [2.05, 4.69) is 11.2 Å². The normalized spacial score (nSPS) is 25.6. The number of carbonyl (C=O) groups excluding carboxylic acids is 1. The SMILES string of the molecule is C#CC(CC)NC(=O)C1CCCC(C(=O)O)C1. The van der Waals surface area contributed by atoms with Crippen LogP contribution in [0.2, 0.25) is 0 Å². The summed E-state index contributed by atoms with van der Waals surface area (Å²) in [6, 6.07) is -0.243. The number of aliphatic carboxylic acids is 1. The topological polar surface area (TPSA) is 66.4 Å². The van der Waals surface area contributed by atoms with E-state index in [1.54, 1.807) is 0 Å². The monoisotopic (exact) mass is 237 g/mol. The highest BCUT2D eigenvalue weighted by molar-refractivity contribution is 5.80. The van der Waals surface area contributed by atoms with Gasteiger partial charge in [0.25, 0.3) is 0 Å². The standard InChI is InChI=1S/C13H19NO3/c1-3-11(4-2)14-12(15)9-6-5-7-10(8-9)13(16)17/h1,9-11H,4-8H2,2H3,(H,14,15)(H,16,17). The third-order valence-electron chi connectivity index (χ3n) is 3.32. The van der Waals surface area contributed by atoms with Crippen molar-refractivity contribution in [2.45, 2.75) is 45.1 Å². The molecule has 94 valence electrons. The number of carbonyl (C=O) groups is 2. The van der Waals surface area contributed by atoms with Crippen LogP contribution in [0.1, 0.15) is 39.0 Å². The molecule has 0 aromatic carbocycles. The zero-order chi connectivity index (χ0) is 12.8. The number of hydrogen-bond donors (Lipinski definition) is 2. The molecule has 1 amide bonds. The molecular formula is C13H19NO3. The fraction of sp³-hybridized carbons (Fsp3) is 0.692. The van der Waals surface area contributed by atoms with Crippen LogP contribution in [-0.4, -0.2) is 23.0 Å². The molecule has 0 aliphatic heterocycles. The zero-order valence-corrected chi connectivity index (χ0v) is 10.1. The van der Waals surface area contributed by atoms with Crippen LogP contribution in [0.5, 0.6) is 0 Å². The molecule has 1 saturated carbocycles. The Labute approximate surface area is 102 Å². The van der Waals surface area contributed by atoms with Crippen LogP contribution in [-0.2, 0) is 9.59 Å². The van der Waals surface area contributed by atoms with Crippen molar-refractivity contribution in [2.24, 2.45) is 11.8 Å². The lowest BCUT2D eigenvalue weighted by Crippen LogP contribution is -2.40. The maximum Gasteiger partial charge on any atom is 0.306 e. The summed E-state index contributed by atoms with van der Waals surface area (Å²) in [5.41, 5.74) is 0. The van der Waals surface area contributed by atoms with E-state index in [-0.39, 0.29) is 23.8 Å². The highest BCUT2D eigenvalue weighted by Gasteiger charge is 2.31. The first-order chi connectivity index (χ1) is 8.08. The number of nitrogens with one attached hydrogen (secondary N) is 1. The molecule has 0 heterocycles. The molecule has 0 aromatic heterocycles. The summed E-state index contributed by atoms with van der Waals surface area (Å²) in [5, 5.41) is 11.7. The highest BCUT2D eigenvalue weighted by atomic mass is 16.4. The first kappa shape index (κ1) is 13.6. The van der Waals surface area contributed by atoms with Gasteiger partial charge in [0.05, 0.1) is 12.0 Å². The minimum atomic E-state index is -0.800. The van der Waals surface area contributed by atoms with Crippen molar-refractivity contribution in [1.82, 2.24) is 5.32 Å². The summed E-state index contributed by atoms with van der Waals surface area (Å²) < 4.78 is 0. The molecule has 4 nitrogen and oxygen atoms in total. The van der Waals surface area contributed by atoms with E-state index < -0.39 is 5.97 Å². The molecule has 17 heavy (non-hydrogen) atoms. The van der Waals surface area contributed by atoms with Crippen LogP contribution in [0, 0.1) is 24.2 Å². The van der Waals surface area contributed by atoms with Crippen LogP contribution in [0.25, 0.3) is 0 Å². The van der Waals surface area contributed by atoms with Gasteiger partial charge < -0.3 is 10.4 Å². The Bertz CT molecular complexity index is 332. The van der Waals surface area contributed by atoms with Crippen molar-refractivity contribution >= 4 is 11.9 Å². The van der Waals surface area contributed by atoms with Gasteiger partial charge in [-0.25, -0.2) is 0 Å². The summed E-state index contributed by atoms with van der Waals surface area (Å²) in [6.45, 7) is 1.91. The van der Waals surface area contributed by atoms with E-state index in [1.807, 2.05) is 6.92 Å². The Morgan fingerprint density at radius 3 is 2.65 bits per heavy atom. The molecule has 1 fully saturated rings. The van der Waals surface area contributed by atoms with Crippen LogP contribution in [0.15, 0.2) is 0 Å². The average molecular weight is 237 g/mol. The fourth-order valence-corrected chi connectivity index (χ4v) is 2.20. The van der Waals surface area contributed by atoms with Crippen LogP contribution >= 0.6 is 0 Å². The Kier molecular flexibility index (Phi) is 5.02. The average Bonchev–Trinajstić information content (AvgIpc) is 2.35. The van der Waals surface area contributed by atoms with Gasteiger partial charge in [-0.3, -0.25) is 9.59 Å². The number of hydrogen-bond acceptors (Lipinski definition) is 2. The molecule has 1 aliphatic rings. The number of rotatable bonds is 4. The Morgan fingerprint density at radius 1 is 1.47 bits per heavy atom. The Morgan fingerprint density at radius 2 is 2.12 bits per heavy atom. The van der Waals surface area contributed by atoms with Gasteiger partial charge in [0, 0.05) is 5.92 Å². The fourth-order valence-electron chi connectivity index (χ4n) is 2.20. The quantitative estimate of drug-likeness (QED) is 0.726. The first-order valence-electron chi connectivity index (χ1n) is 6.07. The van der Waals surface area contributed by atoms with E-state index >= 15 is 0 Å². The van der Waals surface area contributed by atoms with Gasteiger partial charge in [0.1, 0.15) is 0 Å². The van der Waals surface area contributed by atoms with Crippen molar-refractivity contribution in [1.29, 1.82) is 0 Å². The second kappa shape index (κ2) is 6.29. The van der Waals surface area contributed by atoms with Gasteiger partial charge in [-0.15, -0.1) is 6.42 Å². The summed E-state index contributed by atoms with van der Waals surface area (Å²) in [7, 11) is 0. The van der Waals surface area contributed by atoms with Gasteiger partial charge in [0.2, 0.25) is 5.91 Å². The van der Waals surface area contributed by atoms with Crippen LogP contribution < -0.4 is 5.32 Å². The van der Waals surface area contributed by atoms with Gasteiger partial charge in [-0.2, -0.15) is 0 Å². The lowest BCUT2D eigenvalue weighted by Gasteiger charge is -2.26. The van der Waals surface area contributed by atoms with E-state index in [0.29, 0.717) is 19.3 Å². The van der Waals surface area contributed by atoms with Gasteiger partial charge >= 0.3 is 5.97 Å². The van der Waals surface area contributed by atoms with E-state index in [1.165, 1.54) is 0 Å². The summed E-state index contributed by atoms with van der Waals surface area (Å²) in [6.07, 6.45) is 8.63. The predicted molar refractivity (Wildman–Crippen MR) is 64.1 cm³/mol. The molecule has 4 heteroatoms. The predicted octanol–water partition coefficient (Wildman–Crippen LogP) is 1.41. The van der Waals surface area contributed by atoms with E-state index in [0.717, 1.165) is 12.8 Å². The molecule has 1 rings (SSSR count). The van der Waals surface area contributed by atoms with Gasteiger partial charge in [-0.05, 0) is 25.7 Å². The number of carboxylic acids is 1. The zero-order valence-electron chi connectivity index (χ0n) is 10.1. The minimum Gasteiger partial charge on any atom is -0.481 e. The highest BCUT2D eigenvalue weighted by Crippen LogP contribution is 2.29. The lowest BCUT2D eigenvalue weighted by molar-refractivity contribution is -0.144. The van der Waals surface area contributed by atoms with Gasteiger partial charge in [-0.1, -0.05) is 19.3 Å². The molecule has 3 atom stereocenters. The third kappa shape index (κ3) is 3.77. The van der Waals surface area contributed by atoms with Crippen molar-refractivity contribution < 1.29 is 14.7 Å². The molecule has 1 aliphatic carbocycles. The number of terminal acetylenes is 1. The van der Waals surface area contributed by atoms with Crippen molar-refractivity contribution in [2.75, 3.05) is 0 Å². The largest absolute Gasteiger partial charge is 0.481 e. The number of carboxylic acid groups (broad SMARTS) is 1. The molecule has 2 N–H and O–H groups in total. The third-order valence-corrected chi connectivity index (χ3v) is 3.32.